The van der Waals surface area contributed by atoms with E-state index in [-0.39, 0.29) is 22.4 Å². The number of carbonyl (C=O) groups excluding carboxylic acids is 2. The van der Waals surface area contributed by atoms with Crippen LogP contribution in [0.2, 0.25) is 0 Å². The molecule has 1 amide bonds. The zero-order valence-electron chi connectivity index (χ0n) is 14.4. The van der Waals surface area contributed by atoms with E-state index in [0.717, 1.165) is 16.9 Å². The molecule has 2 N–H and O–H groups in total. The Kier molecular flexibility index (Phi) is 5.83. The number of H-pyrrole nitrogens is 1. The molecule has 24 heavy (non-hydrogen) atoms. The van der Waals surface area contributed by atoms with Crippen LogP contribution < -0.4 is 5.32 Å². The van der Waals surface area contributed by atoms with E-state index in [1.807, 2.05) is 52.0 Å². The highest BCUT2D eigenvalue weighted by molar-refractivity contribution is 8.01. The molecular weight excluding hydrogens is 322 g/mol. The molecule has 1 aromatic carbocycles. The molecule has 1 atom stereocenters. The number of thioether (sulfide) groups is 1. The second-order valence-electron chi connectivity index (χ2n) is 6.66. The summed E-state index contributed by atoms with van der Waals surface area (Å²) in [5.74, 6) is 0.392. The molecule has 0 fully saturated rings. The first-order chi connectivity index (χ1) is 11.3. The van der Waals surface area contributed by atoms with Crippen LogP contribution in [0.1, 0.15) is 27.7 Å². The molecule has 0 bridgehead atoms. The Morgan fingerprint density at radius 2 is 1.92 bits per heavy atom. The van der Waals surface area contributed by atoms with E-state index >= 15 is 0 Å². The molecule has 0 saturated heterocycles. The molecule has 0 aliphatic heterocycles. The second-order valence-corrected chi connectivity index (χ2v) is 7.99. The number of ketones is 1. The van der Waals surface area contributed by atoms with Gasteiger partial charge in [0.05, 0.1) is 29.2 Å². The van der Waals surface area contributed by atoms with Crippen molar-refractivity contribution in [1.29, 1.82) is 0 Å². The fourth-order valence-corrected chi connectivity index (χ4v) is 2.93. The molecular formula is C18H23N3O2S. The van der Waals surface area contributed by atoms with Gasteiger partial charge in [-0.15, -0.1) is 11.8 Å². The largest absolute Gasteiger partial charge is 0.345 e. The third kappa shape index (κ3) is 4.96. The van der Waals surface area contributed by atoms with Gasteiger partial charge in [-0.1, -0.05) is 32.9 Å². The number of aromatic amines is 1. The molecule has 6 heteroatoms. The van der Waals surface area contributed by atoms with Crippen LogP contribution in [0.25, 0.3) is 11.3 Å². The summed E-state index contributed by atoms with van der Waals surface area (Å²) in [4.78, 5) is 31.2. The molecule has 2 aromatic rings. The van der Waals surface area contributed by atoms with Crippen molar-refractivity contribution in [3.63, 3.8) is 0 Å². The van der Waals surface area contributed by atoms with Gasteiger partial charge in [-0.3, -0.25) is 9.59 Å². The number of nitrogens with zero attached hydrogens (tertiary/aromatic N) is 1. The Balaban J connectivity index is 1.88. The zero-order valence-corrected chi connectivity index (χ0v) is 15.2. The first-order valence-corrected chi connectivity index (χ1v) is 8.87. The number of hydrogen-bond acceptors (Lipinski definition) is 4. The lowest BCUT2D eigenvalue weighted by atomic mass is 9.92. The topological polar surface area (TPSA) is 74.8 Å². The van der Waals surface area contributed by atoms with E-state index in [4.69, 9.17) is 0 Å². The minimum atomic E-state index is -0.369. The Hall–Kier alpha value is -2.08. The third-order valence-corrected chi connectivity index (χ3v) is 4.77. The summed E-state index contributed by atoms with van der Waals surface area (Å²) >= 11 is 1.37. The summed E-state index contributed by atoms with van der Waals surface area (Å²) in [6.07, 6.45) is 3.38. The van der Waals surface area contributed by atoms with Crippen molar-refractivity contribution in [2.24, 2.45) is 5.41 Å². The van der Waals surface area contributed by atoms with Crippen molar-refractivity contribution >= 4 is 29.1 Å². The third-order valence-electron chi connectivity index (χ3n) is 3.63. The number of benzene rings is 1. The summed E-state index contributed by atoms with van der Waals surface area (Å²) in [6.45, 7) is 7.49. The Morgan fingerprint density at radius 1 is 1.25 bits per heavy atom. The van der Waals surface area contributed by atoms with Crippen molar-refractivity contribution in [1.82, 2.24) is 9.97 Å². The molecule has 2 rings (SSSR count). The fraction of sp³-hybridized carbons (Fsp3) is 0.389. The summed E-state index contributed by atoms with van der Waals surface area (Å²) in [5.41, 5.74) is 2.30. The van der Waals surface area contributed by atoms with E-state index < -0.39 is 0 Å². The van der Waals surface area contributed by atoms with E-state index in [2.05, 4.69) is 15.3 Å². The van der Waals surface area contributed by atoms with E-state index in [0.29, 0.717) is 5.75 Å². The molecule has 0 radical (unpaired) electrons. The smallest absolute Gasteiger partial charge is 0.237 e. The molecule has 0 aliphatic rings. The van der Waals surface area contributed by atoms with Crippen LogP contribution in [-0.2, 0) is 9.59 Å². The number of imidazole rings is 1. The van der Waals surface area contributed by atoms with Crippen LogP contribution in [0.5, 0.6) is 0 Å². The molecule has 1 heterocycles. The van der Waals surface area contributed by atoms with Gasteiger partial charge < -0.3 is 10.3 Å². The number of rotatable bonds is 6. The first-order valence-electron chi connectivity index (χ1n) is 7.82. The summed E-state index contributed by atoms with van der Waals surface area (Å²) in [7, 11) is 0. The summed E-state index contributed by atoms with van der Waals surface area (Å²) in [5, 5.41) is 2.59. The molecule has 0 spiro atoms. The van der Waals surface area contributed by atoms with Crippen LogP contribution in [0.4, 0.5) is 5.69 Å². The molecule has 128 valence electrons. The average molecular weight is 345 g/mol. The highest BCUT2D eigenvalue weighted by atomic mass is 32.2. The number of hydrogen-bond donors (Lipinski definition) is 2. The first kappa shape index (κ1) is 18.3. The Morgan fingerprint density at radius 3 is 2.46 bits per heavy atom. The number of nitrogens with one attached hydrogen (secondary N) is 2. The van der Waals surface area contributed by atoms with Gasteiger partial charge in [-0.25, -0.2) is 4.98 Å². The lowest BCUT2D eigenvalue weighted by Gasteiger charge is -2.18. The van der Waals surface area contributed by atoms with Crippen LogP contribution in [0, 0.1) is 5.41 Å². The maximum Gasteiger partial charge on any atom is 0.237 e. The van der Waals surface area contributed by atoms with Gasteiger partial charge in [0.25, 0.3) is 0 Å². The number of Topliss-reactive ketones (excluding diaryl/α,β-unsaturated/α-hetero) is 1. The highest BCUT2D eigenvalue weighted by Crippen LogP contribution is 2.22. The lowest BCUT2D eigenvalue weighted by molar-refractivity contribution is -0.123. The molecule has 1 unspecified atom stereocenters. The van der Waals surface area contributed by atoms with E-state index in [9.17, 15) is 9.59 Å². The fourth-order valence-electron chi connectivity index (χ4n) is 1.88. The standard InChI is InChI=1S/C18H23N3O2S/c1-12(24-10-16(22)18(2,3)4)17(23)21-14-7-5-13(6-8-14)15-9-19-11-20-15/h5-9,11-12H,10H2,1-4H3,(H,19,20)(H,21,23). The SMILES string of the molecule is CC(SCC(=O)C(C)(C)C)C(=O)Nc1ccc(-c2cnc[nH]2)cc1. The van der Waals surface area contributed by atoms with Crippen molar-refractivity contribution < 1.29 is 9.59 Å². The Bertz CT molecular complexity index is 688. The number of amides is 1. The zero-order chi connectivity index (χ0) is 17.7. The quantitative estimate of drug-likeness (QED) is 0.836. The predicted molar refractivity (Wildman–Crippen MR) is 99.0 cm³/mol. The van der Waals surface area contributed by atoms with E-state index in [1.165, 1.54) is 11.8 Å². The summed E-state index contributed by atoms with van der Waals surface area (Å²) in [6, 6.07) is 7.55. The van der Waals surface area contributed by atoms with Crippen molar-refractivity contribution in [2.45, 2.75) is 32.9 Å². The maximum atomic E-state index is 12.2. The predicted octanol–water partition coefficient (Wildman–Crippen LogP) is 3.75. The van der Waals surface area contributed by atoms with Crippen LogP contribution in [0.15, 0.2) is 36.8 Å². The van der Waals surface area contributed by atoms with Gasteiger partial charge in [-0.05, 0) is 24.6 Å². The van der Waals surface area contributed by atoms with Gasteiger partial charge in [0, 0.05) is 11.1 Å². The monoisotopic (exact) mass is 345 g/mol. The van der Waals surface area contributed by atoms with Gasteiger partial charge in [-0.2, -0.15) is 0 Å². The summed E-state index contributed by atoms with van der Waals surface area (Å²) < 4.78 is 0. The van der Waals surface area contributed by atoms with Gasteiger partial charge in [0.1, 0.15) is 5.78 Å². The normalized spacial score (nSPS) is 12.7. The van der Waals surface area contributed by atoms with Gasteiger partial charge >= 0.3 is 0 Å². The minimum Gasteiger partial charge on any atom is -0.345 e. The van der Waals surface area contributed by atoms with E-state index in [1.54, 1.807) is 12.5 Å². The van der Waals surface area contributed by atoms with Crippen LogP contribution in [-0.4, -0.2) is 32.7 Å². The highest BCUT2D eigenvalue weighted by Gasteiger charge is 2.23. The molecule has 1 aromatic heterocycles. The second kappa shape index (κ2) is 7.66. The number of carbonyl (C=O) groups is 2. The van der Waals surface area contributed by atoms with Gasteiger partial charge in [0.15, 0.2) is 0 Å². The number of anilines is 1. The molecule has 0 aliphatic carbocycles. The molecule has 0 saturated carbocycles. The molecule has 5 nitrogen and oxygen atoms in total. The average Bonchev–Trinajstić information content (AvgIpc) is 3.06. The van der Waals surface area contributed by atoms with Crippen molar-refractivity contribution in [2.75, 3.05) is 11.1 Å². The van der Waals surface area contributed by atoms with Crippen LogP contribution >= 0.6 is 11.8 Å². The Labute approximate surface area is 146 Å². The van der Waals surface area contributed by atoms with Crippen molar-refractivity contribution in [3.05, 3.63) is 36.8 Å². The van der Waals surface area contributed by atoms with Gasteiger partial charge in [0.2, 0.25) is 5.91 Å². The minimum absolute atomic E-state index is 0.101. The lowest BCUT2D eigenvalue weighted by Crippen LogP contribution is -2.27. The van der Waals surface area contributed by atoms with Crippen LogP contribution in [0.3, 0.4) is 0 Å². The van der Waals surface area contributed by atoms with Crippen molar-refractivity contribution in [3.8, 4) is 11.3 Å². The maximum absolute atomic E-state index is 12.2. The number of aromatic nitrogens is 2.